The van der Waals surface area contributed by atoms with E-state index in [1.54, 1.807) is 6.20 Å². The van der Waals surface area contributed by atoms with Gasteiger partial charge in [-0.2, -0.15) is 0 Å². The second kappa shape index (κ2) is 2.99. The SMILES string of the molecule is Nc1nnc(-c2c[nH]c3ncncc23)s1. The molecule has 3 aromatic rings. The van der Waals surface area contributed by atoms with Crippen molar-refractivity contribution in [3.63, 3.8) is 0 Å². The fourth-order valence-corrected chi connectivity index (χ4v) is 2.02. The van der Waals surface area contributed by atoms with E-state index < -0.39 is 0 Å². The Balaban J connectivity index is 2.27. The van der Waals surface area contributed by atoms with Crippen molar-refractivity contribution in [2.75, 3.05) is 5.73 Å². The van der Waals surface area contributed by atoms with Crippen LogP contribution in [0.4, 0.5) is 5.13 Å². The van der Waals surface area contributed by atoms with Gasteiger partial charge in [0.25, 0.3) is 0 Å². The quantitative estimate of drug-likeness (QED) is 0.637. The highest BCUT2D eigenvalue weighted by Gasteiger charge is 2.10. The maximum absolute atomic E-state index is 5.53. The van der Waals surface area contributed by atoms with Gasteiger partial charge in [-0.3, -0.25) is 0 Å². The first-order valence-electron chi connectivity index (χ1n) is 4.21. The second-order valence-electron chi connectivity index (χ2n) is 2.93. The molecule has 15 heavy (non-hydrogen) atoms. The van der Waals surface area contributed by atoms with E-state index in [0.717, 1.165) is 21.6 Å². The molecule has 0 aliphatic carbocycles. The molecule has 0 atom stereocenters. The van der Waals surface area contributed by atoms with Crippen molar-refractivity contribution in [1.82, 2.24) is 25.1 Å². The van der Waals surface area contributed by atoms with Crippen molar-refractivity contribution < 1.29 is 0 Å². The molecule has 3 N–H and O–H groups in total. The average molecular weight is 218 g/mol. The van der Waals surface area contributed by atoms with Gasteiger partial charge in [-0.15, -0.1) is 10.2 Å². The number of nitrogens with two attached hydrogens (primary N) is 1. The molecule has 6 nitrogen and oxygen atoms in total. The number of hydrogen-bond donors (Lipinski definition) is 2. The Morgan fingerprint density at radius 3 is 3.07 bits per heavy atom. The lowest BCUT2D eigenvalue weighted by Gasteiger charge is -1.89. The zero-order valence-electron chi connectivity index (χ0n) is 7.51. The number of fused-ring (bicyclic) bond motifs is 1. The van der Waals surface area contributed by atoms with Gasteiger partial charge in [0.15, 0.2) is 5.01 Å². The highest BCUT2D eigenvalue weighted by atomic mass is 32.1. The van der Waals surface area contributed by atoms with Crippen LogP contribution in [0.5, 0.6) is 0 Å². The van der Waals surface area contributed by atoms with Crippen LogP contribution in [0.25, 0.3) is 21.6 Å². The Bertz CT molecular complexity index is 612. The highest BCUT2D eigenvalue weighted by molar-refractivity contribution is 7.18. The molecule has 3 heterocycles. The molecule has 0 spiro atoms. The van der Waals surface area contributed by atoms with E-state index in [4.69, 9.17) is 5.73 Å². The van der Waals surface area contributed by atoms with Crippen LogP contribution in [0, 0.1) is 0 Å². The summed E-state index contributed by atoms with van der Waals surface area (Å²) < 4.78 is 0. The number of hydrogen-bond acceptors (Lipinski definition) is 6. The summed E-state index contributed by atoms with van der Waals surface area (Å²) in [5.41, 5.74) is 7.25. The topological polar surface area (TPSA) is 93.4 Å². The van der Waals surface area contributed by atoms with Gasteiger partial charge in [-0.05, 0) is 0 Å². The number of H-pyrrole nitrogens is 1. The molecule has 0 amide bonds. The van der Waals surface area contributed by atoms with E-state index in [1.807, 2.05) is 6.20 Å². The average Bonchev–Trinajstić information content (AvgIpc) is 2.83. The molecule has 0 aliphatic heterocycles. The van der Waals surface area contributed by atoms with Gasteiger partial charge in [0.1, 0.15) is 12.0 Å². The van der Waals surface area contributed by atoms with E-state index in [9.17, 15) is 0 Å². The number of nitrogens with zero attached hydrogens (tertiary/aromatic N) is 4. The first-order chi connectivity index (χ1) is 7.34. The molecule has 0 bridgehead atoms. The molecule has 7 heteroatoms. The monoisotopic (exact) mass is 218 g/mol. The molecule has 0 saturated carbocycles. The number of aromatic amines is 1. The minimum absolute atomic E-state index is 0.455. The predicted molar refractivity (Wildman–Crippen MR) is 57.2 cm³/mol. The van der Waals surface area contributed by atoms with Gasteiger partial charge < -0.3 is 10.7 Å². The molecule has 0 fully saturated rings. The van der Waals surface area contributed by atoms with Crippen LogP contribution in [0.15, 0.2) is 18.7 Å². The Morgan fingerprint density at radius 2 is 2.27 bits per heavy atom. The summed E-state index contributed by atoms with van der Waals surface area (Å²) in [4.78, 5) is 11.1. The van der Waals surface area contributed by atoms with E-state index in [0.29, 0.717) is 5.13 Å². The largest absolute Gasteiger partial charge is 0.374 e. The molecule has 0 saturated heterocycles. The lowest BCUT2D eigenvalue weighted by molar-refractivity contribution is 1.10. The van der Waals surface area contributed by atoms with Crippen molar-refractivity contribution >= 4 is 27.5 Å². The lowest BCUT2D eigenvalue weighted by Crippen LogP contribution is -1.80. The summed E-state index contributed by atoms with van der Waals surface area (Å²) in [6, 6.07) is 0. The third kappa shape index (κ3) is 1.24. The fourth-order valence-electron chi connectivity index (χ4n) is 1.38. The minimum atomic E-state index is 0.455. The minimum Gasteiger partial charge on any atom is -0.374 e. The molecule has 3 rings (SSSR count). The molecule has 0 aliphatic rings. The second-order valence-corrected chi connectivity index (χ2v) is 3.94. The Labute approximate surface area is 88.2 Å². The summed E-state index contributed by atoms with van der Waals surface area (Å²) in [5, 5.41) is 9.90. The van der Waals surface area contributed by atoms with Crippen LogP contribution >= 0.6 is 11.3 Å². The number of rotatable bonds is 1. The molecule has 0 radical (unpaired) electrons. The highest BCUT2D eigenvalue weighted by Crippen LogP contribution is 2.29. The van der Waals surface area contributed by atoms with Crippen molar-refractivity contribution in [2.24, 2.45) is 0 Å². The van der Waals surface area contributed by atoms with Crippen molar-refractivity contribution in [2.45, 2.75) is 0 Å². The summed E-state index contributed by atoms with van der Waals surface area (Å²) in [5.74, 6) is 0. The molecular weight excluding hydrogens is 212 g/mol. The van der Waals surface area contributed by atoms with E-state index in [-0.39, 0.29) is 0 Å². The van der Waals surface area contributed by atoms with Crippen LogP contribution in [0.3, 0.4) is 0 Å². The van der Waals surface area contributed by atoms with Crippen molar-refractivity contribution in [3.8, 4) is 10.6 Å². The summed E-state index contributed by atoms with van der Waals surface area (Å²) >= 11 is 1.34. The van der Waals surface area contributed by atoms with E-state index >= 15 is 0 Å². The molecule has 0 aromatic carbocycles. The Hall–Kier alpha value is -2.02. The third-order valence-corrected chi connectivity index (χ3v) is 2.81. The predicted octanol–water partition coefficient (Wildman–Crippen LogP) is 1.06. The van der Waals surface area contributed by atoms with E-state index in [2.05, 4.69) is 25.1 Å². The van der Waals surface area contributed by atoms with Crippen LogP contribution in [-0.2, 0) is 0 Å². The maximum atomic E-state index is 5.53. The number of aromatic nitrogens is 5. The number of anilines is 1. The van der Waals surface area contributed by atoms with Crippen molar-refractivity contribution in [3.05, 3.63) is 18.7 Å². The van der Waals surface area contributed by atoms with E-state index in [1.165, 1.54) is 17.7 Å². The van der Waals surface area contributed by atoms with Crippen LogP contribution in [0.1, 0.15) is 0 Å². The van der Waals surface area contributed by atoms with Gasteiger partial charge in [0.2, 0.25) is 5.13 Å². The zero-order chi connectivity index (χ0) is 10.3. The van der Waals surface area contributed by atoms with Gasteiger partial charge in [0.05, 0.1) is 0 Å². The zero-order valence-corrected chi connectivity index (χ0v) is 8.32. The lowest BCUT2D eigenvalue weighted by atomic mass is 10.2. The van der Waals surface area contributed by atoms with Crippen molar-refractivity contribution in [1.29, 1.82) is 0 Å². The van der Waals surface area contributed by atoms with Gasteiger partial charge >= 0.3 is 0 Å². The third-order valence-electron chi connectivity index (χ3n) is 2.03. The first-order valence-corrected chi connectivity index (χ1v) is 5.02. The summed E-state index contributed by atoms with van der Waals surface area (Å²) in [7, 11) is 0. The standard InChI is InChI=1S/C8H6N6S/c9-8-14-13-7(15-8)5-2-11-6-4(5)1-10-3-12-6/h1-3H,(H2,9,14)(H,10,11,12). The fraction of sp³-hybridized carbons (Fsp3) is 0. The summed E-state index contributed by atoms with van der Waals surface area (Å²) in [6.07, 6.45) is 5.07. The first kappa shape index (κ1) is 8.30. The molecule has 74 valence electrons. The maximum Gasteiger partial charge on any atom is 0.203 e. The molecular formula is C8H6N6S. The van der Waals surface area contributed by atoms with Gasteiger partial charge in [0, 0.05) is 23.3 Å². The van der Waals surface area contributed by atoms with Gasteiger partial charge in [-0.25, -0.2) is 9.97 Å². The van der Waals surface area contributed by atoms with Crippen LogP contribution in [0.2, 0.25) is 0 Å². The normalized spacial score (nSPS) is 10.9. The number of nitrogen functional groups attached to an aromatic ring is 1. The number of nitrogens with one attached hydrogen (secondary N) is 1. The van der Waals surface area contributed by atoms with Crippen LogP contribution < -0.4 is 5.73 Å². The molecule has 3 aromatic heterocycles. The Kier molecular flexibility index (Phi) is 1.65. The van der Waals surface area contributed by atoms with Gasteiger partial charge in [-0.1, -0.05) is 11.3 Å². The van der Waals surface area contributed by atoms with Crippen LogP contribution in [-0.4, -0.2) is 25.1 Å². The molecule has 0 unspecified atom stereocenters. The summed E-state index contributed by atoms with van der Waals surface area (Å²) in [6.45, 7) is 0. The Morgan fingerprint density at radius 1 is 1.33 bits per heavy atom. The smallest absolute Gasteiger partial charge is 0.203 e.